The summed E-state index contributed by atoms with van der Waals surface area (Å²) in [5.41, 5.74) is -0.189. The van der Waals surface area contributed by atoms with Gasteiger partial charge in [-0.2, -0.15) is 5.26 Å². The Hall–Kier alpha value is -1.20. The van der Waals surface area contributed by atoms with Crippen molar-refractivity contribution in [2.75, 3.05) is 40.1 Å². The molecule has 0 aromatic carbocycles. The van der Waals surface area contributed by atoms with Gasteiger partial charge in [-0.25, -0.2) is 4.79 Å². The van der Waals surface area contributed by atoms with Crippen LogP contribution in [0.5, 0.6) is 0 Å². The van der Waals surface area contributed by atoms with Crippen LogP contribution in [0.4, 0.5) is 0 Å². The van der Waals surface area contributed by atoms with Gasteiger partial charge < -0.3 is 18.9 Å². The summed E-state index contributed by atoms with van der Waals surface area (Å²) >= 11 is 1.24. The van der Waals surface area contributed by atoms with Crippen LogP contribution in [-0.2, 0) is 23.4 Å². The number of methoxy groups -OCH3 is 1. The molecule has 0 bridgehead atoms. The molecule has 2 atom stereocenters. The average Bonchev–Trinajstić information content (AvgIpc) is 3.00. The first-order valence-electron chi connectivity index (χ1n) is 8.64. The van der Waals surface area contributed by atoms with Crippen LogP contribution in [-0.4, -0.2) is 60.9 Å². The summed E-state index contributed by atoms with van der Waals surface area (Å²) in [6.45, 7) is 5.47. The largest absolute Gasteiger partial charge is 0.462 e. The van der Waals surface area contributed by atoms with E-state index in [1.807, 2.05) is 19.9 Å². The minimum absolute atomic E-state index is 0.0956. The molecule has 1 fully saturated rings. The molecule has 0 aromatic rings. The van der Waals surface area contributed by atoms with Gasteiger partial charge in [0.1, 0.15) is 18.6 Å². The first-order valence-corrected chi connectivity index (χ1v) is 11.7. The molecule has 1 rings (SSSR count). The third-order valence-electron chi connectivity index (χ3n) is 3.70. The number of nitriles is 1. The lowest BCUT2D eigenvalue weighted by atomic mass is 10.3. The minimum atomic E-state index is -3.35. The number of nitrogens with zero attached hydrogens (tertiary/aromatic N) is 3. The van der Waals surface area contributed by atoms with Crippen molar-refractivity contribution in [1.82, 2.24) is 9.57 Å². The van der Waals surface area contributed by atoms with Crippen molar-refractivity contribution in [3.05, 3.63) is 11.4 Å². The molecule has 26 heavy (non-hydrogen) atoms. The summed E-state index contributed by atoms with van der Waals surface area (Å²) in [5, 5.41) is 9.67. The van der Waals surface area contributed by atoms with E-state index < -0.39 is 12.7 Å². The lowest BCUT2D eigenvalue weighted by Gasteiger charge is -2.32. The summed E-state index contributed by atoms with van der Waals surface area (Å²) in [7, 11) is 1.52. The van der Waals surface area contributed by atoms with E-state index in [1.54, 1.807) is 23.4 Å². The van der Waals surface area contributed by atoms with Crippen molar-refractivity contribution in [3.8, 4) is 6.07 Å². The molecular formula is C16H28N3O5PS. The fourth-order valence-corrected chi connectivity index (χ4v) is 7.58. The molecule has 10 heteroatoms. The van der Waals surface area contributed by atoms with E-state index >= 15 is 0 Å². The fraction of sp³-hybridized carbons (Fsp3) is 0.750. The minimum Gasteiger partial charge on any atom is -0.462 e. The summed E-state index contributed by atoms with van der Waals surface area (Å²) in [6.07, 6.45) is 0.819. The highest BCUT2D eigenvalue weighted by Crippen LogP contribution is 2.66. The van der Waals surface area contributed by atoms with Crippen molar-refractivity contribution in [2.45, 2.75) is 39.4 Å². The zero-order chi connectivity index (χ0) is 19.7. The van der Waals surface area contributed by atoms with Gasteiger partial charge in [-0.15, -0.1) is 0 Å². The van der Waals surface area contributed by atoms with Gasteiger partial charge in [-0.1, -0.05) is 13.8 Å². The molecule has 1 aliphatic rings. The van der Waals surface area contributed by atoms with Crippen LogP contribution in [0.15, 0.2) is 11.4 Å². The van der Waals surface area contributed by atoms with E-state index in [9.17, 15) is 14.6 Å². The maximum absolute atomic E-state index is 13.6. The average molecular weight is 405 g/mol. The monoisotopic (exact) mass is 405 g/mol. The Labute approximate surface area is 159 Å². The van der Waals surface area contributed by atoms with Crippen LogP contribution in [0, 0.1) is 11.3 Å². The first kappa shape index (κ1) is 22.8. The van der Waals surface area contributed by atoms with E-state index in [-0.39, 0.29) is 36.6 Å². The molecule has 1 aliphatic heterocycles. The lowest BCUT2D eigenvalue weighted by Crippen LogP contribution is -2.28. The number of hydrogen-bond donors (Lipinski definition) is 0. The second-order valence-corrected chi connectivity index (χ2v) is 10.3. The van der Waals surface area contributed by atoms with Crippen molar-refractivity contribution in [1.29, 1.82) is 5.26 Å². The normalized spacial score (nSPS) is 19.7. The molecule has 0 aliphatic carbocycles. The first-order chi connectivity index (χ1) is 12.4. The Kier molecular flexibility index (Phi) is 9.51. The zero-order valence-corrected chi connectivity index (χ0v) is 17.8. The van der Waals surface area contributed by atoms with Crippen molar-refractivity contribution < 1.29 is 23.4 Å². The van der Waals surface area contributed by atoms with Crippen molar-refractivity contribution in [3.63, 3.8) is 0 Å². The molecule has 1 saturated heterocycles. The molecule has 1 heterocycles. The molecule has 2 unspecified atom stereocenters. The van der Waals surface area contributed by atoms with Crippen LogP contribution in [0.1, 0.15) is 34.1 Å². The predicted octanol–water partition coefficient (Wildman–Crippen LogP) is 3.18. The van der Waals surface area contributed by atoms with Crippen LogP contribution in [0.3, 0.4) is 0 Å². The summed E-state index contributed by atoms with van der Waals surface area (Å²) < 4.78 is 31.0. The summed E-state index contributed by atoms with van der Waals surface area (Å²) in [6, 6.07) is 1.91. The highest BCUT2D eigenvalue weighted by molar-refractivity contribution is 8.56. The Morgan fingerprint density at radius 3 is 2.54 bits per heavy atom. The molecule has 0 N–H and O–H groups in total. The number of carbonyl (C=O) groups excluding carboxylic acids is 1. The van der Waals surface area contributed by atoms with Crippen LogP contribution < -0.4 is 0 Å². The number of hydrogen-bond acceptors (Lipinski definition) is 8. The number of ether oxygens (including phenoxy) is 2. The maximum Gasteiger partial charge on any atom is 0.355 e. The Balaban J connectivity index is 3.43. The van der Waals surface area contributed by atoms with Gasteiger partial charge >= 0.3 is 12.7 Å². The van der Waals surface area contributed by atoms with Crippen molar-refractivity contribution in [2.24, 2.45) is 0 Å². The highest BCUT2D eigenvalue weighted by Gasteiger charge is 2.43. The predicted molar refractivity (Wildman–Crippen MR) is 101 cm³/mol. The number of esters is 1. The van der Waals surface area contributed by atoms with Crippen LogP contribution in [0.2, 0.25) is 0 Å². The summed E-state index contributed by atoms with van der Waals surface area (Å²) in [5.74, 6) is -0.491. The maximum atomic E-state index is 13.6. The van der Waals surface area contributed by atoms with E-state index in [2.05, 4.69) is 0 Å². The van der Waals surface area contributed by atoms with Gasteiger partial charge in [-0.3, -0.25) is 9.24 Å². The third kappa shape index (κ3) is 5.40. The van der Waals surface area contributed by atoms with Gasteiger partial charge in [0.2, 0.25) is 0 Å². The number of rotatable bonds is 10. The van der Waals surface area contributed by atoms with Crippen molar-refractivity contribution >= 4 is 24.1 Å². The third-order valence-corrected chi connectivity index (χ3v) is 9.01. The SMILES string of the molecule is CCOC(=O)C(C#N)=C1N(COC)CCN1P(=O)(OCC)SC(C)CC. The zero-order valence-electron chi connectivity index (χ0n) is 16.1. The van der Waals surface area contributed by atoms with E-state index in [0.29, 0.717) is 13.1 Å². The van der Waals surface area contributed by atoms with E-state index in [4.69, 9.17) is 14.0 Å². The van der Waals surface area contributed by atoms with Gasteiger partial charge in [0.05, 0.1) is 13.2 Å². The smallest absolute Gasteiger partial charge is 0.355 e. The molecule has 0 amide bonds. The highest BCUT2D eigenvalue weighted by atomic mass is 32.7. The Bertz CT molecular complexity index is 607. The second kappa shape index (κ2) is 10.8. The molecule has 0 spiro atoms. The van der Waals surface area contributed by atoms with E-state index in [1.165, 1.54) is 18.5 Å². The van der Waals surface area contributed by atoms with Gasteiger partial charge in [0.15, 0.2) is 5.57 Å². The lowest BCUT2D eigenvalue weighted by molar-refractivity contribution is -0.138. The Morgan fingerprint density at radius 1 is 1.35 bits per heavy atom. The van der Waals surface area contributed by atoms with Crippen LogP contribution in [0.25, 0.3) is 0 Å². The molecule has 0 radical (unpaired) electrons. The molecule has 0 aromatic heterocycles. The van der Waals surface area contributed by atoms with Gasteiger partial charge in [0.25, 0.3) is 0 Å². The van der Waals surface area contributed by atoms with Gasteiger partial charge in [0, 0.05) is 25.4 Å². The molecule has 0 saturated carbocycles. The quantitative estimate of drug-likeness (QED) is 0.235. The fourth-order valence-electron chi connectivity index (χ4n) is 2.41. The standard InChI is InChI=1S/C16H28N3O5PS/c1-6-13(4)26-25(21,24-8-3)19-10-9-18(12-22-5)15(19)14(11-17)16(20)23-7-2/h13H,6-10,12H2,1-5H3. The van der Waals surface area contributed by atoms with Crippen LogP contribution >= 0.6 is 18.1 Å². The topological polar surface area (TPSA) is 92.1 Å². The summed E-state index contributed by atoms with van der Waals surface area (Å²) in [4.78, 5) is 14.0. The Morgan fingerprint density at radius 2 is 2.04 bits per heavy atom. The second-order valence-electron chi connectivity index (χ2n) is 5.55. The van der Waals surface area contributed by atoms with E-state index in [0.717, 1.165) is 6.42 Å². The molecule has 8 nitrogen and oxygen atoms in total. The van der Waals surface area contributed by atoms with Gasteiger partial charge in [-0.05, 0) is 31.7 Å². The molecular weight excluding hydrogens is 377 g/mol. The molecule has 148 valence electrons. The number of carbonyl (C=O) groups is 1.